The molecule has 2 aromatic heterocycles. The summed E-state index contributed by atoms with van der Waals surface area (Å²) < 4.78 is 0. The highest BCUT2D eigenvalue weighted by atomic mass is 16.2. The number of benzene rings is 2. The lowest BCUT2D eigenvalue weighted by atomic mass is 9.95. The number of carbonyl (C=O) groups excluding carboxylic acids is 4. The Morgan fingerprint density at radius 1 is 0.543 bits per heavy atom. The quantitative estimate of drug-likeness (QED) is 0.0908. The number of hydrogen-bond donors (Lipinski definition) is 4. The summed E-state index contributed by atoms with van der Waals surface area (Å²) >= 11 is 0. The number of nitrogens with one attached hydrogen (secondary N) is 2. The summed E-state index contributed by atoms with van der Waals surface area (Å²) in [5.41, 5.74) is 13.8. The minimum absolute atomic E-state index is 0.158. The number of Topliss-reactive ketones (excluding diaryl/α,β-unsaturated/α-hetero) is 2. The van der Waals surface area contributed by atoms with Gasteiger partial charge >= 0.3 is 0 Å². The molecule has 4 aromatic rings. The van der Waals surface area contributed by atoms with Crippen molar-refractivity contribution < 1.29 is 19.2 Å². The van der Waals surface area contributed by atoms with Crippen LogP contribution in [0.1, 0.15) is 78.2 Å². The summed E-state index contributed by atoms with van der Waals surface area (Å²) in [6, 6.07) is 21.2. The number of unbranched alkanes of at least 4 members (excludes halogenated alkanes) is 3. The molecule has 10 heteroatoms. The number of nitrogens with zero attached hydrogens (tertiary/aromatic N) is 2. The van der Waals surface area contributed by atoms with Crippen LogP contribution in [0, 0.1) is 0 Å². The van der Waals surface area contributed by atoms with Crippen LogP contribution in [0.3, 0.4) is 0 Å². The van der Waals surface area contributed by atoms with E-state index in [1.165, 1.54) is 36.9 Å². The fraction of sp³-hybridized carbons (Fsp3) is 0.278. The van der Waals surface area contributed by atoms with Gasteiger partial charge < -0.3 is 22.1 Å². The summed E-state index contributed by atoms with van der Waals surface area (Å²) in [4.78, 5) is 59.0. The van der Waals surface area contributed by atoms with Crippen LogP contribution in [0.15, 0.2) is 97.6 Å². The second-order valence-electron chi connectivity index (χ2n) is 11.1. The van der Waals surface area contributed by atoms with Crippen molar-refractivity contribution in [1.82, 2.24) is 20.6 Å². The molecule has 2 amide bonds. The second-order valence-corrected chi connectivity index (χ2v) is 11.1. The van der Waals surface area contributed by atoms with Crippen molar-refractivity contribution in [3.05, 3.63) is 131 Å². The van der Waals surface area contributed by atoms with Gasteiger partial charge in [-0.3, -0.25) is 29.1 Å². The lowest BCUT2D eigenvalue weighted by molar-refractivity contribution is 0.0924. The van der Waals surface area contributed by atoms with E-state index in [9.17, 15) is 19.2 Å². The number of ketones is 2. The molecule has 0 radical (unpaired) electrons. The molecule has 6 N–H and O–H groups in total. The Hall–Kier alpha value is -5.06. The van der Waals surface area contributed by atoms with Crippen LogP contribution in [-0.4, -0.2) is 58.5 Å². The van der Waals surface area contributed by atoms with E-state index in [1.807, 2.05) is 60.7 Å². The van der Waals surface area contributed by atoms with Crippen LogP contribution in [0.4, 0.5) is 0 Å². The smallest absolute Gasteiger partial charge is 0.249 e. The molecule has 4 rings (SSSR count). The van der Waals surface area contributed by atoms with Gasteiger partial charge in [0.1, 0.15) is 0 Å². The molecule has 2 unspecified atom stereocenters. The first-order chi connectivity index (χ1) is 22.3. The maximum absolute atomic E-state index is 13.5. The molecule has 0 saturated heterocycles. The molecule has 0 fully saturated rings. The molecule has 0 bridgehead atoms. The standard InChI is InChI=1S/C36H40N6O4/c37-35(45)27-15-19-39-23-29(27)33(43)31(21-25-11-5-3-6-12-25)41-17-9-1-2-10-18-42-32(22-26-13-7-4-8-14-26)34(44)30-24-40-20-16-28(30)36(38)46/h3-8,11-16,19-20,23-24,31-32,41-42H,1-2,9-10,17-18,21-22H2,(H2,37,45)(H2,38,46). The van der Waals surface area contributed by atoms with Crippen LogP contribution in [-0.2, 0) is 12.8 Å². The first-order valence-electron chi connectivity index (χ1n) is 15.5. The third-order valence-electron chi connectivity index (χ3n) is 7.79. The van der Waals surface area contributed by atoms with Gasteiger partial charge in [-0.25, -0.2) is 0 Å². The van der Waals surface area contributed by atoms with Crippen LogP contribution in [0.25, 0.3) is 0 Å². The lowest BCUT2D eigenvalue weighted by Gasteiger charge is -2.19. The maximum Gasteiger partial charge on any atom is 0.249 e. The normalized spacial score (nSPS) is 12.3. The highest BCUT2D eigenvalue weighted by molar-refractivity contribution is 6.10. The molecule has 2 atom stereocenters. The van der Waals surface area contributed by atoms with Crippen molar-refractivity contribution in [3.63, 3.8) is 0 Å². The lowest BCUT2D eigenvalue weighted by Crippen LogP contribution is -2.40. The Bertz CT molecular complexity index is 1490. The first-order valence-corrected chi connectivity index (χ1v) is 15.5. The van der Waals surface area contributed by atoms with E-state index in [1.54, 1.807) is 0 Å². The molecule has 10 nitrogen and oxygen atoms in total. The molecule has 0 aliphatic rings. The van der Waals surface area contributed by atoms with Gasteiger partial charge in [0.2, 0.25) is 11.8 Å². The average Bonchev–Trinajstić information content (AvgIpc) is 3.08. The average molecular weight is 621 g/mol. The van der Waals surface area contributed by atoms with Crippen LogP contribution >= 0.6 is 0 Å². The number of nitrogens with two attached hydrogens (primary N) is 2. The molecule has 2 heterocycles. The van der Waals surface area contributed by atoms with E-state index in [0.717, 1.165) is 36.8 Å². The highest BCUT2D eigenvalue weighted by Crippen LogP contribution is 2.15. The number of rotatable bonds is 19. The number of carbonyl (C=O) groups is 4. The first kappa shape index (κ1) is 33.8. The maximum atomic E-state index is 13.5. The van der Waals surface area contributed by atoms with E-state index >= 15 is 0 Å². The molecule has 0 saturated carbocycles. The van der Waals surface area contributed by atoms with Gasteiger partial charge in [0.05, 0.1) is 34.3 Å². The minimum atomic E-state index is -0.667. The van der Waals surface area contributed by atoms with Gasteiger partial charge in [-0.05, 0) is 62.0 Å². The van der Waals surface area contributed by atoms with E-state index in [-0.39, 0.29) is 33.8 Å². The van der Waals surface area contributed by atoms with Gasteiger partial charge in [-0.2, -0.15) is 0 Å². The fourth-order valence-electron chi connectivity index (χ4n) is 5.36. The number of hydrogen-bond acceptors (Lipinski definition) is 8. The van der Waals surface area contributed by atoms with Crippen molar-refractivity contribution in [2.75, 3.05) is 13.1 Å². The van der Waals surface area contributed by atoms with Crippen molar-refractivity contribution in [1.29, 1.82) is 0 Å². The number of aromatic nitrogens is 2. The van der Waals surface area contributed by atoms with Gasteiger partial charge in [0.15, 0.2) is 11.6 Å². The number of primary amides is 2. The molecule has 0 aliphatic carbocycles. The van der Waals surface area contributed by atoms with E-state index in [0.29, 0.717) is 25.9 Å². The van der Waals surface area contributed by atoms with E-state index < -0.39 is 23.9 Å². The molecule has 238 valence electrons. The summed E-state index contributed by atoms with van der Waals surface area (Å²) in [5, 5.41) is 6.77. The Morgan fingerprint density at radius 3 is 1.30 bits per heavy atom. The zero-order valence-corrected chi connectivity index (χ0v) is 25.7. The Balaban J connectivity index is 1.30. The van der Waals surface area contributed by atoms with Crippen LogP contribution in [0.5, 0.6) is 0 Å². The largest absolute Gasteiger partial charge is 0.366 e. The molecule has 2 aromatic carbocycles. The zero-order valence-electron chi connectivity index (χ0n) is 25.7. The van der Waals surface area contributed by atoms with Crippen LogP contribution < -0.4 is 22.1 Å². The third-order valence-corrected chi connectivity index (χ3v) is 7.79. The summed E-state index contributed by atoms with van der Waals surface area (Å²) in [6.45, 7) is 1.21. The van der Waals surface area contributed by atoms with Crippen molar-refractivity contribution in [2.45, 2.75) is 50.6 Å². The molecule has 0 spiro atoms. The summed E-state index contributed by atoms with van der Waals surface area (Å²) in [7, 11) is 0. The SMILES string of the molecule is NC(=O)c1ccncc1C(=O)C(Cc1ccccc1)NCCCCCCNC(Cc1ccccc1)C(=O)c1cnccc1C(N)=O. The predicted octanol–water partition coefficient (Wildman–Crippen LogP) is 3.70. The molecular formula is C36H40N6O4. The summed E-state index contributed by atoms with van der Waals surface area (Å²) in [5.74, 6) is -1.78. The van der Waals surface area contributed by atoms with Crippen molar-refractivity contribution in [3.8, 4) is 0 Å². The Labute approximate surface area is 269 Å². The fourth-order valence-corrected chi connectivity index (χ4v) is 5.36. The zero-order chi connectivity index (χ0) is 32.7. The topological polar surface area (TPSA) is 170 Å². The highest BCUT2D eigenvalue weighted by Gasteiger charge is 2.25. The monoisotopic (exact) mass is 620 g/mol. The molecular weight excluding hydrogens is 580 g/mol. The number of amides is 2. The van der Waals surface area contributed by atoms with Crippen LogP contribution in [0.2, 0.25) is 0 Å². The van der Waals surface area contributed by atoms with E-state index in [2.05, 4.69) is 20.6 Å². The van der Waals surface area contributed by atoms with Gasteiger partial charge in [-0.1, -0.05) is 73.5 Å². The minimum Gasteiger partial charge on any atom is -0.366 e. The third kappa shape index (κ3) is 9.72. The van der Waals surface area contributed by atoms with E-state index in [4.69, 9.17) is 11.5 Å². The predicted molar refractivity (Wildman–Crippen MR) is 177 cm³/mol. The van der Waals surface area contributed by atoms with Crippen molar-refractivity contribution in [2.24, 2.45) is 11.5 Å². The summed E-state index contributed by atoms with van der Waals surface area (Å²) in [6.07, 6.45) is 10.1. The molecule has 46 heavy (non-hydrogen) atoms. The molecule has 0 aliphatic heterocycles. The second kappa shape index (κ2) is 17.4. The Kier molecular flexibility index (Phi) is 12.8. The Morgan fingerprint density at radius 2 is 0.935 bits per heavy atom. The van der Waals surface area contributed by atoms with Gasteiger partial charge in [-0.15, -0.1) is 0 Å². The van der Waals surface area contributed by atoms with Crippen molar-refractivity contribution >= 4 is 23.4 Å². The number of pyridine rings is 2. The van der Waals surface area contributed by atoms with Gasteiger partial charge in [0, 0.05) is 24.8 Å². The van der Waals surface area contributed by atoms with Gasteiger partial charge in [0.25, 0.3) is 0 Å².